The minimum Gasteiger partial charge on any atom is -0.352 e. The average molecular weight is 269 g/mol. The third kappa shape index (κ3) is 3.40. The first-order valence-corrected chi connectivity index (χ1v) is 5.39. The molecule has 1 heterocycles. The molecule has 0 atom stereocenters. The second kappa shape index (κ2) is 6.51. The molecule has 1 aromatic heterocycles. The number of rotatable bonds is 5. The molecule has 0 radical (unpaired) electrons. The normalized spacial score (nSPS) is 9.56. The molecule has 1 rings (SSSR count). The van der Waals surface area contributed by atoms with E-state index in [1.165, 1.54) is 12.3 Å². The molecule has 1 aromatic rings. The second-order valence-electron chi connectivity index (χ2n) is 3.27. The van der Waals surface area contributed by atoms with Crippen LogP contribution < -0.4 is 5.32 Å². The number of hydrogen-bond donors (Lipinski definition) is 1. The predicted molar refractivity (Wildman–Crippen MR) is 63.1 cm³/mol. The zero-order chi connectivity index (χ0) is 13.5. The number of carbonyl (C=O) groups excluding carboxylic acids is 1. The van der Waals surface area contributed by atoms with E-state index in [1.54, 1.807) is 0 Å². The highest BCUT2D eigenvalue weighted by Crippen LogP contribution is 2.25. The molecule has 1 amide bonds. The van der Waals surface area contributed by atoms with Crippen LogP contribution >= 0.6 is 11.6 Å². The maximum atomic E-state index is 11.7. The number of carbonyl (C=O) groups is 1. The van der Waals surface area contributed by atoms with Crippen LogP contribution in [0.25, 0.3) is 0 Å². The van der Waals surface area contributed by atoms with Gasteiger partial charge in [0.1, 0.15) is 5.56 Å². The zero-order valence-electron chi connectivity index (χ0n) is 9.22. The van der Waals surface area contributed by atoms with Crippen LogP contribution in [0.1, 0.15) is 23.2 Å². The van der Waals surface area contributed by atoms with Gasteiger partial charge in [-0.15, -0.1) is 0 Å². The third-order valence-electron chi connectivity index (χ3n) is 2.06. The number of unbranched alkanes of at least 4 members (excludes halogenated alkanes) is 1. The Hall–Kier alpha value is -2.20. The van der Waals surface area contributed by atoms with Gasteiger partial charge in [-0.3, -0.25) is 14.9 Å². The van der Waals surface area contributed by atoms with E-state index < -0.39 is 16.5 Å². The molecule has 0 aliphatic heterocycles. The molecule has 18 heavy (non-hydrogen) atoms. The lowest BCUT2D eigenvalue weighted by atomic mass is 10.2. The molecule has 0 aliphatic carbocycles. The fraction of sp³-hybridized carbons (Fsp3) is 0.300. The molecule has 0 bridgehead atoms. The van der Waals surface area contributed by atoms with Crippen molar-refractivity contribution in [3.63, 3.8) is 0 Å². The monoisotopic (exact) mass is 268 g/mol. The van der Waals surface area contributed by atoms with Crippen LogP contribution in [0, 0.1) is 21.4 Å². The summed E-state index contributed by atoms with van der Waals surface area (Å²) in [5.74, 6) is -0.607. The van der Waals surface area contributed by atoms with E-state index >= 15 is 0 Å². The first kappa shape index (κ1) is 13.9. The highest BCUT2D eigenvalue weighted by atomic mass is 35.5. The van der Waals surface area contributed by atoms with Crippen molar-refractivity contribution in [2.45, 2.75) is 12.8 Å². The van der Waals surface area contributed by atoms with Crippen LogP contribution in [0.4, 0.5) is 5.69 Å². The van der Waals surface area contributed by atoms with E-state index in [4.69, 9.17) is 16.9 Å². The van der Waals surface area contributed by atoms with Crippen LogP contribution in [-0.2, 0) is 0 Å². The van der Waals surface area contributed by atoms with E-state index in [0.29, 0.717) is 12.8 Å². The van der Waals surface area contributed by atoms with Crippen molar-refractivity contribution >= 4 is 23.2 Å². The van der Waals surface area contributed by atoms with Gasteiger partial charge < -0.3 is 5.32 Å². The summed E-state index contributed by atoms with van der Waals surface area (Å²) in [6.07, 6.45) is 2.01. The number of pyridine rings is 1. The highest BCUT2D eigenvalue weighted by molar-refractivity contribution is 6.32. The number of nitrogens with one attached hydrogen (secondary N) is 1. The first-order valence-electron chi connectivity index (χ1n) is 5.02. The van der Waals surface area contributed by atoms with Crippen molar-refractivity contribution in [3.05, 3.63) is 33.1 Å². The van der Waals surface area contributed by atoms with Crippen molar-refractivity contribution in [3.8, 4) is 6.07 Å². The molecule has 0 aromatic carbocycles. The maximum Gasteiger partial charge on any atom is 0.319 e. The standard InChI is InChI=1S/C10H9ClN4O3/c11-9-8(15(17)18)7(3-6-13-9)10(16)14-5-2-1-4-12/h3,6H,1-2,5H2,(H,14,16). The van der Waals surface area contributed by atoms with E-state index in [-0.39, 0.29) is 17.3 Å². The van der Waals surface area contributed by atoms with Gasteiger partial charge in [0, 0.05) is 19.2 Å². The van der Waals surface area contributed by atoms with Crippen LogP contribution in [0.2, 0.25) is 5.15 Å². The van der Waals surface area contributed by atoms with Gasteiger partial charge in [-0.2, -0.15) is 5.26 Å². The summed E-state index contributed by atoms with van der Waals surface area (Å²) in [4.78, 5) is 25.3. The number of nitro groups is 1. The summed E-state index contributed by atoms with van der Waals surface area (Å²) in [6, 6.07) is 3.16. The minimum atomic E-state index is -0.750. The maximum absolute atomic E-state index is 11.7. The van der Waals surface area contributed by atoms with E-state index in [2.05, 4.69) is 10.3 Å². The fourth-order valence-corrected chi connectivity index (χ4v) is 1.48. The van der Waals surface area contributed by atoms with Crippen molar-refractivity contribution in [1.29, 1.82) is 5.26 Å². The van der Waals surface area contributed by atoms with E-state index in [0.717, 1.165) is 0 Å². The van der Waals surface area contributed by atoms with Gasteiger partial charge in [-0.25, -0.2) is 4.98 Å². The molecular weight excluding hydrogens is 260 g/mol. The lowest BCUT2D eigenvalue weighted by molar-refractivity contribution is -0.385. The van der Waals surface area contributed by atoms with Gasteiger partial charge in [0.25, 0.3) is 5.91 Å². The van der Waals surface area contributed by atoms with Gasteiger partial charge in [0.05, 0.1) is 11.0 Å². The molecule has 8 heteroatoms. The Morgan fingerprint density at radius 1 is 1.67 bits per heavy atom. The Kier molecular flexibility index (Phi) is 5.02. The summed E-state index contributed by atoms with van der Waals surface area (Å²) < 4.78 is 0. The fourth-order valence-electron chi connectivity index (χ4n) is 1.25. The Labute approximate surface area is 108 Å². The number of nitrogens with zero attached hydrogens (tertiary/aromatic N) is 3. The van der Waals surface area contributed by atoms with Gasteiger partial charge in [0.2, 0.25) is 5.15 Å². The lowest BCUT2D eigenvalue weighted by Crippen LogP contribution is -2.25. The molecule has 0 saturated carbocycles. The Bertz CT molecular complexity index is 512. The molecule has 0 aliphatic rings. The lowest BCUT2D eigenvalue weighted by Gasteiger charge is -2.04. The van der Waals surface area contributed by atoms with Crippen molar-refractivity contribution in [2.24, 2.45) is 0 Å². The van der Waals surface area contributed by atoms with E-state index in [9.17, 15) is 14.9 Å². The highest BCUT2D eigenvalue weighted by Gasteiger charge is 2.24. The summed E-state index contributed by atoms with van der Waals surface area (Å²) >= 11 is 5.58. The quantitative estimate of drug-likeness (QED) is 0.378. The number of aromatic nitrogens is 1. The van der Waals surface area contributed by atoms with Crippen molar-refractivity contribution < 1.29 is 9.72 Å². The third-order valence-corrected chi connectivity index (χ3v) is 2.33. The number of nitriles is 1. The van der Waals surface area contributed by atoms with Gasteiger partial charge in [-0.05, 0) is 12.5 Å². The van der Waals surface area contributed by atoms with Crippen molar-refractivity contribution in [2.75, 3.05) is 6.54 Å². The molecular formula is C10H9ClN4O3. The molecule has 94 valence electrons. The molecule has 0 fully saturated rings. The summed E-state index contributed by atoms with van der Waals surface area (Å²) in [7, 11) is 0. The van der Waals surface area contributed by atoms with E-state index in [1.807, 2.05) is 6.07 Å². The second-order valence-corrected chi connectivity index (χ2v) is 3.63. The zero-order valence-corrected chi connectivity index (χ0v) is 9.98. The molecule has 0 unspecified atom stereocenters. The Morgan fingerprint density at radius 3 is 3.00 bits per heavy atom. The largest absolute Gasteiger partial charge is 0.352 e. The predicted octanol–water partition coefficient (Wildman–Crippen LogP) is 1.68. The smallest absolute Gasteiger partial charge is 0.319 e. The Morgan fingerprint density at radius 2 is 2.39 bits per heavy atom. The van der Waals surface area contributed by atoms with Crippen molar-refractivity contribution in [1.82, 2.24) is 10.3 Å². The SMILES string of the molecule is N#CCCCNC(=O)c1ccnc(Cl)c1[N+](=O)[O-]. The molecule has 0 spiro atoms. The number of halogens is 1. The van der Waals surface area contributed by atoms with Crippen LogP contribution in [0.15, 0.2) is 12.3 Å². The van der Waals surface area contributed by atoms with Gasteiger partial charge >= 0.3 is 5.69 Å². The summed E-state index contributed by atoms with van der Waals surface area (Å²) in [5, 5.41) is 21.3. The summed E-state index contributed by atoms with van der Waals surface area (Å²) in [6.45, 7) is 0.267. The molecule has 1 N–H and O–H groups in total. The number of hydrogen-bond acceptors (Lipinski definition) is 5. The first-order chi connectivity index (χ1) is 8.57. The number of amides is 1. The summed E-state index contributed by atoms with van der Waals surface area (Å²) in [5.41, 5.74) is -0.658. The topological polar surface area (TPSA) is 109 Å². The van der Waals surface area contributed by atoms with Gasteiger partial charge in [0.15, 0.2) is 0 Å². The van der Waals surface area contributed by atoms with Crippen LogP contribution in [0.3, 0.4) is 0 Å². The molecule has 0 saturated heterocycles. The average Bonchev–Trinajstić information content (AvgIpc) is 2.33. The molecule has 7 nitrogen and oxygen atoms in total. The van der Waals surface area contributed by atoms with Crippen LogP contribution in [-0.4, -0.2) is 22.4 Å². The van der Waals surface area contributed by atoms with Crippen LogP contribution in [0.5, 0.6) is 0 Å². The minimum absolute atomic E-state index is 0.142. The Balaban J connectivity index is 2.83. The van der Waals surface area contributed by atoms with Gasteiger partial charge in [-0.1, -0.05) is 11.6 Å².